The Kier molecular flexibility index (Phi) is 9.84. The Balaban J connectivity index is 1.38. The normalized spacial score (nSPS) is 17.2. The molecule has 3 N–H and O–H groups in total. The number of halogens is 3. The molecule has 1 aromatic heterocycles. The molecule has 214 valence electrons. The van der Waals surface area contributed by atoms with Crippen LogP contribution in [0.15, 0.2) is 24.4 Å². The first kappa shape index (κ1) is 28.9. The van der Waals surface area contributed by atoms with Gasteiger partial charge in [-0.2, -0.15) is 18.2 Å². The van der Waals surface area contributed by atoms with Crippen molar-refractivity contribution in [2.24, 2.45) is 5.92 Å². The molecule has 0 unspecified atom stereocenters. The molecule has 0 saturated carbocycles. The number of aryl methyl sites for hydroxylation is 1. The van der Waals surface area contributed by atoms with Crippen molar-refractivity contribution in [3.63, 3.8) is 0 Å². The fraction of sp³-hybridized carbons (Fsp3) is 0.593. The highest BCUT2D eigenvalue weighted by molar-refractivity contribution is 5.78. The first-order chi connectivity index (χ1) is 18.7. The number of aromatic nitrogens is 2. The summed E-state index contributed by atoms with van der Waals surface area (Å²) < 4.78 is 46.2. The average molecular weight is 550 g/mol. The molecule has 0 aliphatic carbocycles. The zero-order chi connectivity index (χ0) is 27.8. The van der Waals surface area contributed by atoms with Gasteiger partial charge in [-0.1, -0.05) is 6.92 Å². The van der Waals surface area contributed by atoms with E-state index in [0.29, 0.717) is 39.0 Å². The number of hydrogen-bond donors (Lipinski definition) is 3. The second-order valence-electron chi connectivity index (χ2n) is 10.0. The van der Waals surface area contributed by atoms with E-state index in [1.165, 1.54) is 0 Å². The van der Waals surface area contributed by atoms with Gasteiger partial charge in [0.15, 0.2) is 0 Å². The highest BCUT2D eigenvalue weighted by Crippen LogP contribution is 2.34. The zero-order valence-corrected chi connectivity index (χ0v) is 22.6. The Bertz CT molecular complexity index is 1100. The monoisotopic (exact) mass is 549 g/mol. The van der Waals surface area contributed by atoms with Crippen LogP contribution in [-0.4, -0.2) is 80.3 Å². The van der Waals surface area contributed by atoms with Crippen molar-refractivity contribution in [3.8, 4) is 0 Å². The lowest BCUT2D eigenvalue weighted by molar-refractivity contribution is -0.137. The summed E-state index contributed by atoms with van der Waals surface area (Å²) in [5, 5.41) is 8.76. The largest absolute Gasteiger partial charge is 0.421 e. The number of alkyl halides is 3. The van der Waals surface area contributed by atoms with Crippen LogP contribution < -0.4 is 20.9 Å². The topological polar surface area (TPSA) is 94.7 Å². The molecule has 1 aromatic carbocycles. The lowest BCUT2D eigenvalue weighted by Gasteiger charge is -2.34. The number of piperazine rings is 1. The summed E-state index contributed by atoms with van der Waals surface area (Å²) in [4.78, 5) is 25.0. The first-order valence-corrected chi connectivity index (χ1v) is 13.6. The van der Waals surface area contributed by atoms with Crippen LogP contribution in [0.3, 0.4) is 0 Å². The third-order valence-corrected chi connectivity index (χ3v) is 7.22. The maximum Gasteiger partial charge on any atom is 0.421 e. The summed E-state index contributed by atoms with van der Waals surface area (Å²) in [6, 6.07) is 6.07. The average Bonchev–Trinajstić information content (AvgIpc) is 2.93. The Morgan fingerprint density at radius 2 is 1.87 bits per heavy atom. The number of likely N-dealkylation sites (N-methyl/N-ethyl adjacent to an activating group) is 1. The number of nitrogens with one attached hydrogen (secondary N) is 3. The Labute approximate surface area is 227 Å². The molecular formula is C27H38F3N7O2. The standard InChI is InChI=1S/C27H38F3N7O2/c1-3-19-17-21(37-13-11-36(2)12-14-37)5-6-23(19)34-26-33-18-22(27(28,29)30)24(35-26)31-9-4-10-32-25(38)20-7-15-39-16-8-20/h5-6,17-18,20H,3-4,7-16H2,1-2H3,(H,32,38)(H2,31,33,34,35). The number of benzene rings is 1. The number of ether oxygens (including phenoxy) is 1. The molecule has 0 spiro atoms. The van der Waals surface area contributed by atoms with Crippen LogP contribution >= 0.6 is 0 Å². The SMILES string of the molecule is CCc1cc(N2CCN(C)CC2)ccc1Nc1ncc(C(F)(F)F)c(NCCCNC(=O)C2CCOCC2)n1. The fourth-order valence-corrected chi connectivity index (χ4v) is 4.77. The van der Waals surface area contributed by atoms with Crippen molar-refractivity contribution in [2.75, 3.05) is 75.1 Å². The van der Waals surface area contributed by atoms with E-state index in [1.807, 2.05) is 19.1 Å². The summed E-state index contributed by atoms with van der Waals surface area (Å²) in [6.45, 7) is 7.65. The second-order valence-corrected chi connectivity index (χ2v) is 10.0. The van der Waals surface area contributed by atoms with Gasteiger partial charge < -0.3 is 30.5 Å². The van der Waals surface area contributed by atoms with Crippen molar-refractivity contribution in [3.05, 3.63) is 35.5 Å². The number of carbonyl (C=O) groups is 1. The lowest BCUT2D eigenvalue weighted by Crippen LogP contribution is -2.44. The smallest absolute Gasteiger partial charge is 0.381 e. The summed E-state index contributed by atoms with van der Waals surface area (Å²) in [5.74, 6) is -0.306. The number of nitrogens with zero attached hydrogens (tertiary/aromatic N) is 4. The van der Waals surface area contributed by atoms with Gasteiger partial charge in [0, 0.05) is 76.0 Å². The molecular weight excluding hydrogens is 511 g/mol. The number of anilines is 4. The number of amides is 1. The van der Waals surface area contributed by atoms with Gasteiger partial charge in [-0.25, -0.2) is 4.98 Å². The van der Waals surface area contributed by atoms with Crippen molar-refractivity contribution >= 4 is 29.0 Å². The van der Waals surface area contributed by atoms with Crippen LogP contribution in [0, 0.1) is 5.92 Å². The molecule has 9 nitrogen and oxygen atoms in total. The minimum Gasteiger partial charge on any atom is -0.381 e. The van der Waals surface area contributed by atoms with Crippen LogP contribution in [-0.2, 0) is 22.1 Å². The van der Waals surface area contributed by atoms with E-state index in [-0.39, 0.29) is 30.1 Å². The molecule has 1 amide bonds. The molecule has 2 aliphatic heterocycles. The van der Waals surface area contributed by atoms with Gasteiger partial charge in [0.1, 0.15) is 11.4 Å². The predicted molar refractivity (Wildman–Crippen MR) is 146 cm³/mol. The summed E-state index contributed by atoms with van der Waals surface area (Å²) in [6.07, 6.45) is -1.23. The van der Waals surface area contributed by atoms with E-state index in [4.69, 9.17) is 4.74 Å². The van der Waals surface area contributed by atoms with E-state index in [2.05, 4.69) is 48.8 Å². The summed E-state index contributed by atoms with van der Waals surface area (Å²) in [5.41, 5.74) is 1.99. The maximum absolute atomic E-state index is 13.6. The number of hydrogen-bond acceptors (Lipinski definition) is 8. The van der Waals surface area contributed by atoms with Crippen molar-refractivity contribution in [1.29, 1.82) is 0 Å². The maximum atomic E-state index is 13.6. The fourth-order valence-electron chi connectivity index (χ4n) is 4.77. The van der Waals surface area contributed by atoms with Crippen LogP contribution in [0.1, 0.15) is 37.3 Å². The third-order valence-electron chi connectivity index (χ3n) is 7.22. The molecule has 4 rings (SSSR count). The molecule has 39 heavy (non-hydrogen) atoms. The molecule has 3 heterocycles. The van der Waals surface area contributed by atoms with Gasteiger partial charge in [-0.05, 0) is 56.5 Å². The van der Waals surface area contributed by atoms with E-state index in [9.17, 15) is 18.0 Å². The van der Waals surface area contributed by atoms with Crippen LogP contribution in [0.4, 0.5) is 36.3 Å². The molecule has 2 aromatic rings. The van der Waals surface area contributed by atoms with Crippen LogP contribution in [0.2, 0.25) is 0 Å². The van der Waals surface area contributed by atoms with Crippen molar-refractivity contribution in [1.82, 2.24) is 20.2 Å². The lowest BCUT2D eigenvalue weighted by atomic mass is 9.99. The van der Waals surface area contributed by atoms with Crippen LogP contribution in [0.25, 0.3) is 0 Å². The Morgan fingerprint density at radius 3 is 2.56 bits per heavy atom. The van der Waals surface area contributed by atoms with E-state index >= 15 is 0 Å². The minimum atomic E-state index is -4.60. The first-order valence-electron chi connectivity index (χ1n) is 13.6. The van der Waals surface area contributed by atoms with E-state index in [1.54, 1.807) is 0 Å². The molecule has 0 atom stereocenters. The number of carbonyl (C=O) groups excluding carboxylic acids is 1. The quantitative estimate of drug-likeness (QED) is 0.385. The molecule has 0 bridgehead atoms. The summed E-state index contributed by atoms with van der Waals surface area (Å²) in [7, 11) is 2.11. The van der Waals surface area contributed by atoms with Gasteiger partial charge in [-0.3, -0.25) is 4.79 Å². The Hall–Kier alpha value is -3.12. The molecule has 12 heteroatoms. The zero-order valence-electron chi connectivity index (χ0n) is 22.6. The van der Waals surface area contributed by atoms with Crippen molar-refractivity contribution < 1.29 is 22.7 Å². The second kappa shape index (κ2) is 13.3. The van der Waals surface area contributed by atoms with E-state index < -0.39 is 11.7 Å². The molecule has 0 radical (unpaired) electrons. The predicted octanol–water partition coefficient (Wildman–Crippen LogP) is 3.90. The van der Waals surface area contributed by atoms with Gasteiger partial charge >= 0.3 is 6.18 Å². The van der Waals surface area contributed by atoms with Gasteiger partial charge in [0.25, 0.3) is 0 Å². The van der Waals surface area contributed by atoms with Gasteiger partial charge in [0.2, 0.25) is 11.9 Å². The van der Waals surface area contributed by atoms with Gasteiger partial charge in [0.05, 0.1) is 0 Å². The Morgan fingerprint density at radius 1 is 1.13 bits per heavy atom. The molecule has 2 fully saturated rings. The minimum absolute atomic E-state index is 0.0341. The third kappa shape index (κ3) is 7.95. The number of rotatable bonds is 10. The van der Waals surface area contributed by atoms with Crippen LogP contribution in [0.5, 0.6) is 0 Å². The highest BCUT2D eigenvalue weighted by atomic mass is 19.4. The highest BCUT2D eigenvalue weighted by Gasteiger charge is 2.35. The molecule has 2 aliphatic rings. The molecule has 2 saturated heterocycles. The van der Waals surface area contributed by atoms with Gasteiger partial charge in [-0.15, -0.1) is 0 Å². The van der Waals surface area contributed by atoms with E-state index in [0.717, 1.165) is 55.7 Å². The summed E-state index contributed by atoms with van der Waals surface area (Å²) >= 11 is 0. The van der Waals surface area contributed by atoms with Crippen molar-refractivity contribution in [2.45, 2.75) is 38.8 Å².